The zero-order chi connectivity index (χ0) is 19.5. The van der Waals surface area contributed by atoms with Crippen LogP contribution in [0.25, 0.3) is 10.9 Å². The third kappa shape index (κ3) is 3.60. The van der Waals surface area contributed by atoms with E-state index in [0.29, 0.717) is 36.7 Å². The number of fused-ring (bicyclic) bond motifs is 1. The minimum absolute atomic E-state index is 0.0300. The molecule has 4 rings (SSSR count). The van der Waals surface area contributed by atoms with Gasteiger partial charge in [-0.1, -0.05) is 30.3 Å². The van der Waals surface area contributed by atoms with E-state index in [4.69, 9.17) is 4.74 Å². The molecule has 0 radical (unpaired) electrons. The first-order valence-corrected chi connectivity index (χ1v) is 9.53. The molecule has 1 fully saturated rings. The van der Waals surface area contributed by atoms with Crippen molar-refractivity contribution in [1.82, 2.24) is 4.98 Å². The fraction of sp³-hybridized carbons (Fsp3) is 0.261. The summed E-state index contributed by atoms with van der Waals surface area (Å²) in [6, 6.07) is 19.0. The van der Waals surface area contributed by atoms with Gasteiger partial charge in [-0.05, 0) is 44.0 Å². The van der Waals surface area contributed by atoms with Crippen LogP contribution in [0.5, 0.6) is 5.88 Å². The molecule has 2 aromatic carbocycles. The zero-order valence-corrected chi connectivity index (χ0v) is 15.8. The molecule has 1 atom stereocenters. The molecule has 1 saturated heterocycles. The van der Waals surface area contributed by atoms with Gasteiger partial charge in [0, 0.05) is 29.5 Å². The van der Waals surface area contributed by atoms with Crippen LogP contribution in [0.4, 0.5) is 5.69 Å². The van der Waals surface area contributed by atoms with Crippen LogP contribution in [0, 0.1) is 5.92 Å². The fourth-order valence-electron chi connectivity index (χ4n) is 3.69. The number of para-hydroxylation sites is 2. The van der Waals surface area contributed by atoms with Gasteiger partial charge in [-0.2, -0.15) is 0 Å². The van der Waals surface area contributed by atoms with Crippen molar-refractivity contribution in [3.63, 3.8) is 0 Å². The minimum atomic E-state index is -0.0968. The molecule has 1 unspecified atom stereocenters. The summed E-state index contributed by atoms with van der Waals surface area (Å²) in [5.74, 6) is 0.504. The lowest BCUT2D eigenvalue weighted by molar-refractivity contribution is -0.120. The Kier molecular flexibility index (Phi) is 5.06. The molecule has 1 aromatic heterocycles. The Morgan fingerprint density at radius 3 is 2.75 bits per heavy atom. The minimum Gasteiger partial charge on any atom is -0.478 e. The molecule has 28 heavy (non-hydrogen) atoms. The van der Waals surface area contributed by atoms with Crippen molar-refractivity contribution in [3.8, 4) is 5.88 Å². The molecule has 5 heteroatoms. The molecule has 0 aliphatic carbocycles. The number of benzene rings is 2. The SMILES string of the molecule is CC(=O)c1ccccc1N1CCC(CCOc2ccc3ccccc3n2)C1=O. The number of carbonyl (C=O) groups excluding carboxylic acids is 2. The molecule has 142 valence electrons. The molecule has 0 saturated carbocycles. The standard InChI is InChI=1S/C23H22N2O3/c1-16(26)19-7-3-5-9-21(19)25-14-12-18(23(25)27)13-15-28-22-11-10-17-6-2-4-8-20(17)24-22/h2-11,18H,12-15H2,1H3. The Balaban J connectivity index is 1.38. The summed E-state index contributed by atoms with van der Waals surface area (Å²) >= 11 is 0. The van der Waals surface area contributed by atoms with Crippen molar-refractivity contribution in [1.29, 1.82) is 0 Å². The summed E-state index contributed by atoms with van der Waals surface area (Å²) in [6.45, 7) is 2.59. The van der Waals surface area contributed by atoms with Crippen molar-refractivity contribution in [2.75, 3.05) is 18.1 Å². The van der Waals surface area contributed by atoms with Crippen LogP contribution in [-0.2, 0) is 4.79 Å². The number of nitrogens with zero attached hydrogens (tertiary/aromatic N) is 2. The smallest absolute Gasteiger partial charge is 0.230 e. The molecular formula is C23H22N2O3. The highest BCUT2D eigenvalue weighted by molar-refractivity contribution is 6.06. The molecule has 1 aliphatic heterocycles. The maximum atomic E-state index is 12.8. The average Bonchev–Trinajstić information content (AvgIpc) is 3.08. The van der Waals surface area contributed by atoms with Crippen LogP contribution in [0.3, 0.4) is 0 Å². The van der Waals surface area contributed by atoms with Gasteiger partial charge in [0.05, 0.1) is 17.8 Å². The third-order valence-corrected chi connectivity index (χ3v) is 5.18. The molecule has 5 nitrogen and oxygen atoms in total. The average molecular weight is 374 g/mol. The molecule has 0 bridgehead atoms. The summed E-state index contributed by atoms with van der Waals surface area (Å²) in [7, 11) is 0. The van der Waals surface area contributed by atoms with E-state index in [-0.39, 0.29) is 17.6 Å². The Labute approximate surface area is 163 Å². The molecule has 3 aromatic rings. The first-order valence-electron chi connectivity index (χ1n) is 9.53. The first-order chi connectivity index (χ1) is 13.6. The molecule has 0 spiro atoms. The summed E-state index contributed by atoms with van der Waals surface area (Å²) in [5.41, 5.74) is 2.19. The van der Waals surface area contributed by atoms with Crippen molar-refractivity contribution in [2.45, 2.75) is 19.8 Å². The van der Waals surface area contributed by atoms with E-state index >= 15 is 0 Å². The number of hydrogen-bond donors (Lipinski definition) is 0. The Bertz CT molecular complexity index is 1030. The second kappa shape index (κ2) is 7.80. The number of carbonyl (C=O) groups is 2. The van der Waals surface area contributed by atoms with Gasteiger partial charge in [0.25, 0.3) is 0 Å². The zero-order valence-electron chi connectivity index (χ0n) is 15.8. The topological polar surface area (TPSA) is 59.5 Å². The van der Waals surface area contributed by atoms with Crippen molar-refractivity contribution >= 4 is 28.3 Å². The maximum Gasteiger partial charge on any atom is 0.230 e. The normalized spacial score (nSPS) is 16.5. The molecule has 2 heterocycles. The van der Waals surface area contributed by atoms with Crippen molar-refractivity contribution in [3.05, 3.63) is 66.2 Å². The van der Waals surface area contributed by atoms with E-state index < -0.39 is 0 Å². The van der Waals surface area contributed by atoms with E-state index in [9.17, 15) is 9.59 Å². The Hall–Kier alpha value is -3.21. The van der Waals surface area contributed by atoms with Gasteiger partial charge < -0.3 is 9.64 Å². The highest BCUT2D eigenvalue weighted by Crippen LogP contribution is 2.30. The lowest BCUT2D eigenvalue weighted by Crippen LogP contribution is -2.29. The number of aromatic nitrogens is 1. The molecule has 0 N–H and O–H groups in total. The number of hydrogen-bond acceptors (Lipinski definition) is 4. The van der Waals surface area contributed by atoms with Gasteiger partial charge in [0.15, 0.2) is 5.78 Å². The van der Waals surface area contributed by atoms with Crippen LogP contribution in [0.1, 0.15) is 30.1 Å². The van der Waals surface area contributed by atoms with E-state index in [2.05, 4.69) is 4.98 Å². The van der Waals surface area contributed by atoms with Crippen LogP contribution >= 0.6 is 0 Å². The summed E-state index contributed by atoms with van der Waals surface area (Å²) < 4.78 is 5.79. The monoisotopic (exact) mass is 374 g/mol. The predicted molar refractivity (Wildman–Crippen MR) is 109 cm³/mol. The van der Waals surface area contributed by atoms with Crippen LogP contribution in [-0.4, -0.2) is 29.8 Å². The first kappa shape index (κ1) is 18.2. The van der Waals surface area contributed by atoms with Gasteiger partial charge in [-0.15, -0.1) is 0 Å². The predicted octanol–water partition coefficient (Wildman–Crippen LogP) is 4.26. The Morgan fingerprint density at radius 1 is 1.11 bits per heavy atom. The fourth-order valence-corrected chi connectivity index (χ4v) is 3.69. The van der Waals surface area contributed by atoms with Crippen LogP contribution < -0.4 is 9.64 Å². The summed E-state index contributed by atoms with van der Waals surface area (Å²) in [4.78, 5) is 30.9. The van der Waals surface area contributed by atoms with E-state index in [1.54, 1.807) is 11.0 Å². The summed E-state index contributed by atoms with van der Waals surface area (Å²) in [5, 5.41) is 1.07. The number of Topliss-reactive ketones (excluding diaryl/α,β-unsaturated/α-hetero) is 1. The number of pyridine rings is 1. The number of amides is 1. The van der Waals surface area contributed by atoms with Gasteiger partial charge in [-0.25, -0.2) is 4.98 Å². The highest BCUT2D eigenvalue weighted by Gasteiger charge is 2.33. The van der Waals surface area contributed by atoms with Crippen molar-refractivity contribution < 1.29 is 14.3 Å². The van der Waals surface area contributed by atoms with Gasteiger partial charge in [0.1, 0.15) is 0 Å². The van der Waals surface area contributed by atoms with Gasteiger partial charge in [0.2, 0.25) is 11.8 Å². The van der Waals surface area contributed by atoms with E-state index in [1.807, 2.05) is 54.6 Å². The number of anilines is 1. The maximum absolute atomic E-state index is 12.8. The Morgan fingerprint density at radius 2 is 1.89 bits per heavy atom. The summed E-state index contributed by atoms with van der Waals surface area (Å²) in [6.07, 6.45) is 1.39. The largest absolute Gasteiger partial charge is 0.478 e. The lowest BCUT2D eigenvalue weighted by Gasteiger charge is -2.19. The van der Waals surface area contributed by atoms with Crippen LogP contribution in [0.15, 0.2) is 60.7 Å². The van der Waals surface area contributed by atoms with Gasteiger partial charge >= 0.3 is 0 Å². The van der Waals surface area contributed by atoms with Crippen LogP contribution in [0.2, 0.25) is 0 Å². The number of rotatable bonds is 6. The third-order valence-electron chi connectivity index (χ3n) is 5.18. The highest BCUT2D eigenvalue weighted by atomic mass is 16.5. The van der Waals surface area contributed by atoms with Gasteiger partial charge in [-0.3, -0.25) is 9.59 Å². The molecule has 1 amide bonds. The molecular weight excluding hydrogens is 352 g/mol. The number of ketones is 1. The number of ether oxygens (including phenoxy) is 1. The second-order valence-corrected chi connectivity index (χ2v) is 7.03. The molecule has 1 aliphatic rings. The van der Waals surface area contributed by atoms with E-state index in [0.717, 1.165) is 17.3 Å². The van der Waals surface area contributed by atoms with Crippen molar-refractivity contribution in [2.24, 2.45) is 5.92 Å². The quantitative estimate of drug-likeness (QED) is 0.605. The van der Waals surface area contributed by atoms with E-state index in [1.165, 1.54) is 6.92 Å². The lowest BCUT2D eigenvalue weighted by atomic mass is 10.0. The second-order valence-electron chi connectivity index (χ2n) is 7.03.